The molecular formula is C10H15N5Na2O11P2. The molecule has 1 aliphatic heterocycles. The topological polar surface area (TPSA) is 253 Å². The van der Waals surface area contributed by atoms with Gasteiger partial charge in [0.25, 0.3) is 5.56 Å². The quantitative estimate of drug-likeness (QED) is 0.156. The van der Waals surface area contributed by atoms with Crippen LogP contribution in [0.1, 0.15) is 6.23 Å². The van der Waals surface area contributed by atoms with Gasteiger partial charge in [0.15, 0.2) is 17.4 Å². The van der Waals surface area contributed by atoms with E-state index in [-0.39, 0.29) is 76.2 Å². The van der Waals surface area contributed by atoms with Crippen LogP contribution in [-0.4, -0.2) is 128 Å². The van der Waals surface area contributed by atoms with Crippen molar-refractivity contribution >= 4 is 91.9 Å². The number of H-pyrrole nitrogens is 1. The zero-order chi connectivity index (χ0) is 20.9. The van der Waals surface area contributed by atoms with Gasteiger partial charge < -0.3 is 35.4 Å². The smallest absolute Gasteiger partial charge is 0.387 e. The summed E-state index contributed by atoms with van der Waals surface area (Å²) < 4.78 is 36.6. The number of phosphoric acid groups is 2. The van der Waals surface area contributed by atoms with Crippen molar-refractivity contribution < 1.29 is 47.6 Å². The molecule has 1 fully saturated rings. The number of nitrogen functional groups attached to an aromatic ring is 1. The van der Waals surface area contributed by atoms with E-state index in [0.29, 0.717) is 0 Å². The maximum atomic E-state index is 11.8. The van der Waals surface area contributed by atoms with Crippen molar-refractivity contribution in [2.75, 3.05) is 12.3 Å². The Kier molecular flexibility index (Phi) is 9.90. The van der Waals surface area contributed by atoms with Crippen molar-refractivity contribution in [2.45, 2.75) is 24.5 Å². The summed E-state index contributed by atoms with van der Waals surface area (Å²) in [4.78, 5) is 48.1. The molecule has 30 heavy (non-hydrogen) atoms. The third-order valence-corrected chi connectivity index (χ3v) is 5.83. The number of nitrogens with one attached hydrogen (secondary N) is 1. The molecule has 1 aliphatic rings. The Morgan fingerprint density at radius 1 is 1.23 bits per heavy atom. The molecule has 20 heteroatoms. The number of nitrogens with two attached hydrogens (primary N) is 1. The van der Waals surface area contributed by atoms with Gasteiger partial charge in [-0.05, 0) is 0 Å². The molecule has 0 bridgehead atoms. The average Bonchev–Trinajstić information content (AvgIpc) is 3.06. The van der Waals surface area contributed by atoms with Crippen LogP contribution in [0.3, 0.4) is 0 Å². The van der Waals surface area contributed by atoms with Crippen molar-refractivity contribution in [3.8, 4) is 0 Å². The number of imidazole rings is 1. The van der Waals surface area contributed by atoms with Crippen LogP contribution in [0, 0.1) is 0 Å². The van der Waals surface area contributed by atoms with Crippen molar-refractivity contribution in [3.05, 3.63) is 16.7 Å². The Morgan fingerprint density at radius 3 is 2.47 bits per heavy atom. The molecule has 0 aliphatic carbocycles. The Bertz CT molecular complexity index is 1040. The standard InChI is InChI=1S/C10H15N5O11P2.2Na/c11-10-13-7-4(8(18)14-10)12-2-15(7)9-6(17)5(16)3(25-9)1-24-28(22,23)26-27(19,20)21;;/h2-3,5-6,9,16-17H,1H2,(H,22,23)(H2,19,20,21)(H3,11,13,14,18);;/t3-,5-,6-,9-;;/m1../s1. The van der Waals surface area contributed by atoms with Gasteiger partial charge >= 0.3 is 15.6 Å². The number of aliphatic hydroxyl groups excluding tert-OH is 2. The number of rotatable bonds is 6. The first-order chi connectivity index (χ1) is 12.9. The maximum Gasteiger partial charge on any atom is 0.481 e. The molecule has 1 saturated heterocycles. The molecule has 5 atom stereocenters. The van der Waals surface area contributed by atoms with E-state index < -0.39 is 52.4 Å². The molecule has 1 unspecified atom stereocenters. The molecule has 16 nitrogen and oxygen atoms in total. The predicted octanol–water partition coefficient (Wildman–Crippen LogP) is -3.21. The van der Waals surface area contributed by atoms with Crippen LogP contribution < -0.4 is 11.3 Å². The Labute approximate surface area is 211 Å². The number of nitrogens with zero attached hydrogens (tertiary/aromatic N) is 3. The van der Waals surface area contributed by atoms with Gasteiger partial charge in [-0.3, -0.25) is 18.9 Å². The first-order valence-corrected chi connectivity index (χ1v) is 10.4. The fourth-order valence-corrected chi connectivity index (χ4v) is 4.15. The minimum atomic E-state index is -5.32. The summed E-state index contributed by atoms with van der Waals surface area (Å²) in [5.74, 6) is -0.233. The summed E-state index contributed by atoms with van der Waals surface area (Å²) in [6.45, 7) is -0.870. The number of ether oxygens (including phenoxy) is 1. The second kappa shape index (κ2) is 10.5. The monoisotopic (exact) mass is 489 g/mol. The molecule has 2 aromatic heterocycles. The number of aromatic amines is 1. The fraction of sp³-hybridized carbons (Fsp3) is 0.500. The van der Waals surface area contributed by atoms with Gasteiger partial charge in [-0.1, -0.05) is 0 Å². The largest absolute Gasteiger partial charge is 0.481 e. The van der Waals surface area contributed by atoms with E-state index in [1.807, 2.05) is 0 Å². The molecule has 3 heterocycles. The summed E-state index contributed by atoms with van der Waals surface area (Å²) in [7, 11) is -10.5. The molecule has 8 N–H and O–H groups in total. The second-order valence-corrected chi connectivity index (χ2v) is 8.49. The van der Waals surface area contributed by atoms with Gasteiger partial charge in [0.05, 0.1) is 12.9 Å². The summed E-state index contributed by atoms with van der Waals surface area (Å²) in [6, 6.07) is 0. The van der Waals surface area contributed by atoms with E-state index in [1.165, 1.54) is 0 Å². The number of phosphoric ester groups is 1. The summed E-state index contributed by atoms with van der Waals surface area (Å²) in [5, 5.41) is 20.3. The van der Waals surface area contributed by atoms with Crippen LogP contribution in [0.4, 0.5) is 5.95 Å². The second-order valence-electron chi connectivity index (χ2n) is 5.66. The van der Waals surface area contributed by atoms with E-state index in [9.17, 15) is 29.0 Å². The van der Waals surface area contributed by atoms with Gasteiger partial charge in [0.1, 0.15) is 18.3 Å². The average molecular weight is 489 g/mol. The van der Waals surface area contributed by atoms with Crippen molar-refractivity contribution in [1.82, 2.24) is 19.5 Å². The Hall–Kier alpha value is 0.290. The van der Waals surface area contributed by atoms with E-state index in [1.54, 1.807) is 0 Å². The first kappa shape index (κ1) is 28.3. The predicted molar refractivity (Wildman–Crippen MR) is 98.9 cm³/mol. The van der Waals surface area contributed by atoms with Crippen LogP contribution in [0.2, 0.25) is 0 Å². The third kappa shape index (κ3) is 6.42. The fourth-order valence-electron chi connectivity index (χ4n) is 2.55. The summed E-state index contributed by atoms with van der Waals surface area (Å²) in [6.07, 6.45) is -4.88. The van der Waals surface area contributed by atoms with Gasteiger partial charge in [-0.2, -0.15) is 9.29 Å². The molecule has 158 valence electrons. The summed E-state index contributed by atoms with van der Waals surface area (Å²) in [5.41, 5.74) is 4.65. The van der Waals surface area contributed by atoms with E-state index in [2.05, 4.69) is 23.8 Å². The van der Waals surface area contributed by atoms with Crippen molar-refractivity contribution in [2.24, 2.45) is 0 Å². The van der Waals surface area contributed by atoms with Gasteiger partial charge in [-0.15, -0.1) is 0 Å². The molecule has 0 amide bonds. The normalized spacial score (nSPS) is 26.0. The van der Waals surface area contributed by atoms with E-state index in [0.717, 1.165) is 10.9 Å². The molecule has 2 radical (unpaired) electrons. The molecule has 0 aromatic carbocycles. The first-order valence-electron chi connectivity index (χ1n) is 7.36. The van der Waals surface area contributed by atoms with Crippen LogP contribution in [0.25, 0.3) is 11.2 Å². The number of hydrogen-bond acceptors (Lipinski definition) is 11. The van der Waals surface area contributed by atoms with E-state index in [4.69, 9.17) is 20.3 Å². The van der Waals surface area contributed by atoms with Gasteiger partial charge in [0.2, 0.25) is 5.95 Å². The number of aliphatic hydroxyl groups is 2. The van der Waals surface area contributed by atoms with Crippen molar-refractivity contribution in [1.29, 1.82) is 0 Å². The zero-order valence-corrected chi connectivity index (χ0v) is 21.4. The minimum absolute atomic E-state index is 0. The molecule has 0 spiro atoms. The van der Waals surface area contributed by atoms with Crippen LogP contribution in [0.5, 0.6) is 0 Å². The van der Waals surface area contributed by atoms with Crippen LogP contribution in [0.15, 0.2) is 11.1 Å². The number of hydrogen-bond donors (Lipinski definition) is 7. The number of anilines is 1. The van der Waals surface area contributed by atoms with Gasteiger partial charge in [-0.25, -0.2) is 14.1 Å². The maximum absolute atomic E-state index is 11.8. The third-order valence-electron chi connectivity index (χ3n) is 3.67. The Morgan fingerprint density at radius 2 is 1.87 bits per heavy atom. The van der Waals surface area contributed by atoms with Crippen molar-refractivity contribution in [3.63, 3.8) is 0 Å². The van der Waals surface area contributed by atoms with Gasteiger partial charge in [0, 0.05) is 59.1 Å². The SMILES string of the molecule is Nc1nc2c(ncn2[C@@H]2O[C@H](COP(=O)(O)OP(=O)(O)O)[C@@H](O)[C@H]2O)c(=O)[nH]1.[Na].[Na]. The number of aromatic nitrogens is 4. The number of fused-ring (bicyclic) bond motifs is 1. The molecular weight excluding hydrogens is 474 g/mol. The van der Waals surface area contributed by atoms with Crippen LogP contribution in [-0.2, 0) is 22.7 Å². The van der Waals surface area contributed by atoms with Crippen LogP contribution >= 0.6 is 15.6 Å². The van der Waals surface area contributed by atoms with E-state index >= 15 is 0 Å². The molecule has 2 aromatic rings. The molecule has 0 saturated carbocycles. The summed E-state index contributed by atoms with van der Waals surface area (Å²) >= 11 is 0. The zero-order valence-electron chi connectivity index (χ0n) is 15.6. The Balaban J connectivity index is 0.00000225. The minimum Gasteiger partial charge on any atom is -0.387 e. The molecule has 3 rings (SSSR count).